The van der Waals surface area contributed by atoms with Crippen LogP contribution < -0.4 is 5.73 Å². The predicted molar refractivity (Wildman–Crippen MR) is 69.3 cm³/mol. The van der Waals surface area contributed by atoms with E-state index in [4.69, 9.17) is 5.73 Å². The molecule has 0 saturated carbocycles. The minimum Gasteiger partial charge on any atom is -0.368 e. The summed E-state index contributed by atoms with van der Waals surface area (Å²) in [5.74, 6) is -0.591. The van der Waals surface area contributed by atoms with Gasteiger partial charge in [0.2, 0.25) is 5.91 Å². The average molecular weight is 258 g/mol. The minimum absolute atomic E-state index is 0.155. The van der Waals surface area contributed by atoms with Crippen LogP contribution in [0.4, 0.5) is 0 Å². The highest BCUT2D eigenvalue weighted by atomic mass is 16.2. The highest BCUT2D eigenvalue weighted by molar-refractivity contribution is 5.99. The number of carbonyl (C=O) groups is 2. The number of nitrogens with zero attached hydrogens (tertiary/aromatic N) is 2. The number of nitrogens with two attached hydrogens (primary N) is 1. The Balaban J connectivity index is 1.92. The number of rotatable bonds is 2. The van der Waals surface area contributed by atoms with E-state index in [1.165, 1.54) is 0 Å². The van der Waals surface area contributed by atoms with Gasteiger partial charge >= 0.3 is 0 Å². The lowest BCUT2D eigenvalue weighted by Gasteiger charge is -2.22. The maximum absolute atomic E-state index is 12.4. The summed E-state index contributed by atoms with van der Waals surface area (Å²) in [7, 11) is 0. The molecule has 1 aliphatic heterocycles. The third-order valence-electron chi connectivity index (χ3n) is 3.51. The molecule has 3 rings (SSSR count). The van der Waals surface area contributed by atoms with Gasteiger partial charge in [0.15, 0.2) is 0 Å². The molecule has 3 N–H and O–H groups in total. The van der Waals surface area contributed by atoms with Gasteiger partial charge in [-0.3, -0.25) is 9.59 Å². The van der Waals surface area contributed by atoms with Crippen LogP contribution in [0.3, 0.4) is 0 Å². The van der Waals surface area contributed by atoms with E-state index < -0.39 is 11.9 Å². The summed E-state index contributed by atoms with van der Waals surface area (Å²) in [4.78, 5) is 32.4. The van der Waals surface area contributed by atoms with Crippen LogP contribution in [0.1, 0.15) is 23.2 Å². The lowest BCUT2D eigenvalue weighted by molar-refractivity contribution is -0.121. The summed E-state index contributed by atoms with van der Waals surface area (Å²) in [5.41, 5.74) is 7.49. The summed E-state index contributed by atoms with van der Waals surface area (Å²) in [6.45, 7) is 0.577. The van der Waals surface area contributed by atoms with Crippen molar-refractivity contribution in [3.63, 3.8) is 0 Å². The molecule has 1 fully saturated rings. The lowest BCUT2D eigenvalue weighted by atomic mass is 10.1. The lowest BCUT2D eigenvalue weighted by Crippen LogP contribution is -2.43. The third-order valence-corrected chi connectivity index (χ3v) is 3.51. The van der Waals surface area contributed by atoms with Gasteiger partial charge in [0.05, 0.1) is 17.4 Å². The Hall–Kier alpha value is -2.37. The van der Waals surface area contributed by atoms with Crippen LogP contribution in [0.5, 0.6) is 0 Å². The first-order chi connectivity index (χ1) is 9.16. The molecule has 1 aromatic heterocycles. The Kier molecular flexibility index (Phi) is 2.70. The quantitative estimate of drug-likeness (QED) is 0.828. The van der Waals surface area contributed by atoms with Gasteiger partial charge in [0.1, 0.15) is 6.04 Å². The van der Waals surface area contributed by atoms with E-state index in [1.807, 2.05) is 0 Å². The molecule has 19 heavy (non-hydrogen) atoms. The maximum Gasteiger partial charge on any atom is 0.254 e. The number of primary amides is 1. The second kappa shape index (κ2) is 4.38. The first-order valence-corrected chi connectivity index (χ1v) is 6.20. The molecule has 1 aliphatic rings. The SMILES string of the molecule is NC(=O)[C@@H]1CCCN1C(=O)c1ccc2nc[nH]c2c1. The van der Waals surface area contributed by atoms with E-state index in [-0.39, 0.29) is 5.91 Å². The number of H-pyrrole nitrogens is 1. The van der Waals surface area contributed by atoms with E-state index in [1.54, 1.807) is 29.4 Å². The van der Waals surface area contributed by atoms with Gasteiger partial charge in [0, 0.05) is 12.1 Å². The van der Waals surface area contributed by atoms with Crippen LogP contribution in [0.25, 0.3) is 11.0 Å². The van der Waals surface area contributed by atoms with Crippen LogP contribution in [-0.4, -0.2) is 39.3 Å². The third kappa shape index (κ3) is 1.95. The van der Waals surface area contributed by atoms with Gasteiger partial charge in [-0.25, -0.2) is 4.98 Å². The normalized spacial score (nSPS) is 18.9. The van der Waals surface area contributed by atoms with Crippen molar-refractivity contribution in [2.75, 3.05) is 6.54 Å². The number of fused-ring (bicyclic) bond motifs is 1. The van der Waals surface area contributed by atoms with E-state index in [2.05, 4.69) is 9.97 Å². The highest BCUT2D eigenvalue weighted by Gasteiger charge is 2.33. The molecule has 1 saturated heterocycles. The zero-order valence-corrected chi connectivity index (χ0v) is 10.3. The molecule has 0 bridgehead atoms. The summed E-state index contributed by atoms with van der Waals surface area (Å²) in [5, 5.41) is 0. The average Bonchev–Trinajstić information content (AvgIpc) is 3.05. The highest BCUT2D eigenvalue weighted by Crippen LogP contribution is 2.21. The molecule has 0 unspecified atom stereocenters. The van der Waals surface area contributed by atoms with E-state index in [0.717, 1.165) is 17.5 Å². The molecule has 1 aromatic carbocycles. The fourth-order valence-corrected chi connectivity index (χ4v) is 2.54. The van der Waals surface area contributed by atoms with Crippen LogP contribution in [0.2, 0.25) is 0 Å². The smallest absolute Gasteiger partial charge is 0.254 e. The number of nitrogens with one attached hydrogen (secondary N) is 1. The van der Waals surface area contributed by atoms with Crippen molar-refractivity contribution in [2.45, 2.75) is 18.9 Å². The summed E-state index contributed by atoms with van der Waals surface area (Å²) in [6.07, 6.45) is 3.04. The predicted octanol–water partition coefficient (Wildman–Crippen LogP) is 0.653. The number of amides is 2. The molecule has 0 spiro atoms. The zero-order chi connectivity index (χ0) is 13.4. The Morgan fingerprint density at radius 3 is 3.05 bits per heavy atom. The molecule has 0 aliphatic carbocycles. The number of hydrogen-bond donors (Lipinski definition) is 2. The number of likely N-dealkylation sites (tertiary alicyclic amines) is 1. The van der Waals surface area contributed by atoms with E-state index in [9.17, 15) is 9.59 Å². The number of imidazole rings is 1. The number of aromatic nitrogens is 2. The van der Waals surface area contributed by atoms with Gasteiger partial charge in [-0.15, -0.1) is 0 Å². The van der Waals surface area contributed by atoms with Gasteiger partial charge in [-0.1, -0.05) is 0 Å². The maximum atomic E-state index is 12.4. The van der Waals surface area contributed by atoms with Crippen molar-refractivity contribution in [2.24, 2.45) is 5.73 Å². The molecular formula is C13H14N4O2. The van der Waals surface area contributed by atoms with E-state index in [0.29, 0.717) is 18.5 Å². The monoisotopic (exact) mass is 258 g/mol. The topological polar surface area (TPSA) is 92.1 Å². The molecule has 6 heteroatoms. The van der Waals surface area contributed by atoms with Gasteiger partial charge < -0.3 is 15.6 Å². The van der Waals surface area contributed by atoms with Crippen molar-refractivity contribution in [1.82, 2.24) is 14.9 Å². The summed E-state index contributed by atoms with van der Waals surface area (Å²) < 4.78 is 0. The first-order valence-electron chi connectivity index (χ1n) is 6.20. The van der Waals surface area contributed by atoms with Crippen LogP contribution in [0.15, 0.2) is 24.5 Å². The largest absolute Gasteiger partial charge is 0.368 e. The fourth-order valence-electron chi connectivity index (χ4n) is 2.54. The molecular weight excluding hydrogens is 244 g/mol. The van der Waals surface area contributed by atoms with Crippen molar-refractivity contribution < 1.29 is 9.59 Å². The molecule has 1 atom stereocenters. The Labute approximate surface area is 109 Å². The number of aromatic amines is 1. The summed E-state index contributed by atoms with van der Waals surface area (Å²) >= 11 is 0. The van der Waals surface area contributed by atoms with Gasteiger partial charge in [0.25, 0.3) is 5.91 Å². The van der Waals surface area contributed by atoms with Crippen molar-refractivity contribution >= 4 is 22.8 Å². The molecule has 2 heterocycles. The Morgan fingerprint density at radius 2 is 2.26 bits per heavy atom. The zero-order valence-electron chi connectivity index (χ0n) is 10.3. The van der Waals surface area contributed by atoms with Crippen LogP contribution >= 0.6 is 0 Å². The van der Waals surface area contributed by atoms with Crippen LogP contribution in [-0.2, 0) is 4.79 Å². The molecule has 2 amide bonds. The fraction of sp³-hybridized carbons (Fsp3) is 0.308. The molecule has 6 nitrogen and oxygen atoms in total. The second-order valence-corrected chi connectivity index (χ2v) is 4.69. The van der Waals surface area contributed by atoms with Crippen LogP contribution in [0, 0.1) is 0 Å². The Morgan fingerprint density at radius 1 is 1.42 bits per heavy atom. The molecule has 0 radical (unpaired) electrons. The number of hydrogen-bond acceptors (Lipinski definition) is 3. The standard InChI is InChI=1S/C13H14N4O2/c14-12(18)11-2-1-5-17(11)13(19)8-3-4-9-10(6-8)16-7-15-9/h3-4,6-7,11H,1-2,5H2,(H2,14,18)(H,15,16)/t11-/m0/s1. The van der Waals surface area contributed by atoms with Crippen molar-refractivity contribution in [3.05, 3.63) is 30.1 Å². The van der Waals surface area contributed by atoms with Crippen molar-refractivity contribution in [3.8, 4) is 0 Å². The van der Waals surface area contributed by atoms with Gasteiger partial charge in [-0.2, -0.15) is 0 Å². The molecule has 2 aromatic rings. The number of carbonyl (C=O) groups excluding carboxylic acids is 2. The summed E-state index contributed by atoms with van der Waals surface area (Å²) in [6, 6.07) is 4.78. The number of benzene rings is 1. The second-order valence-electron chi connectivity index (χ2n) is 4.69. The van der Waals surface area contributed by atoms with E-state index >= 15 is 0 Å². The van der Waals surface area contributed by atoms with Gasteiger partial charge in [-0.05, 0) is 31.0 Å². The van der Waals surface area contributed by atoms with Crippen molar-refractivity contribution in [1.29, 1.82) is 0 Å². The first kappa shape index (κ1) is 11.7. The molecule has 98 valence electrons. The Bertz CT molecular complexity index is 649. The minimum atomic E-state index is -0.482.